The molecule has 7 nitrogen and oxygen atoms in total. The Morgan fingerprint density at radius 2 is 2.38 bits per heavy atom. The van der Waals surface area contributed by atoms with Crippen LogP contribution in [0.4, 0.5) is 5.13 Å². The van der Waals surface area contributed by atoms with Crippen LogP contribution in [0, 0.1) is 6.92 Å². The topological polar surface area (TPSA) is 75.9 Å². The van der Waals surface area contributed by atoms with Crippen LogP contribution >= 0.6 is 11.5 Å². The van der Waals surface area contributed by atoms with Gasteiger partial charge in [0.1, 0.15) is 5.82 Å². The molecule has 8 heteroatoms. The van der Waals surface area contributed by atoms with Crippen molar-refractivity contribution in [2.24, 2.45) is 7.05 Å². The van der Waals surface area contributed by atoms with Crippen molar-refractivity contribution < 1.29 is 4.79 Å². The molecule has 1 N–H and O–H groups in total. The third kappa shape index (κ3) is 3.21. The van der Waals surface area contributed by atoms with E-state index in [1.165, 1.54) is 11.5 Å². The van der Waals surface area contributed by atoms with Gasteiger partial charge in [-0.15, -0.1) is 0 Å². The molecule has 1 aliphatic heterocycles. The summed E-state index contributed by atoms with van der Waals surface area (Å²) in [5.74, 6) is 0.736. The average Bonchev–Trinajstić information content (AvgIpc) is 3.08. The van der Waals surface area contributed by atoms with Gasteiger partial charge < -0.3 is 10.2 Å². The number of hydrogen-bond acceptors (Lipinski definition) is 6. The fourth-order valence-corrected chi connectivity index (χ4v) is 3.20. The summed E-state index contributed by atoms with van der Waals surface area (Å²) >= 11 is 1.42. The van der Waals surface area contributed by atoms with E-state index in [9.17, 15) is 4.79 Å². The highest BCUT2D eigenvalue weighted by atomic mass is 32.1. The first kappa shape index (κ1) is 14.0. The van der Waals surface area contributed by atoms with Crippen LogP contribution in [0.25, 0.3) is 0 Å². The molecule has 1 fully saturated rings. The van der Waals surface area contributed by atoms with E-state index in [0.717, 1.165) is 36.9 Å². The Morgan fingerprint density at radius 1 is 1.52 bits per heavy atom. The molecule has 1 saturated heterocycles. The van der Waals surface area contributed by atoms with Crippen molar-refractivity contribution >= 4 is 22.6 Å². The fraction of sp³-hybridized carbons (Fsp3) is 0.538. The second kappa shape index (κ2) is 5.80. The number of nitrogens with zero attached hydrogens (tertiary/aromatic N) is 5. The smallest absolute Gasteiger partial charge is 0.254 e. The Bertz CT molecular complexity index is 636. The first-order chi connectivity index (χ1) is 10.1. The van der Waals surface area contributed by atoms with Gasteiger partial charge >= 0.3 is 0 Å². The van der Waals surface area contributed by atoms with Crippen LogP contribution in [0.5, 0.6) is 0 Å². The molecule has 0 aliphatic carbocycles. The third-order valence-corrected chi connectivity index (χ3v) is 4.38. The highest BCUT2D eigenvalue weighted by Gasteiger charge is 2.24. The van der Waals surface area contributed by atoms with Crippen LogP contribution in [0.15, 0.2) is 12.4 Å². The van der Waals surface area contributed by atoms with Crippen LogP contribution in [0.2, 0.25) is 0 Å². The minimum absolute atomic E-state index is 0.0663. The summed E-state index contributed by atoms with van der Waals surface area (Å²) < 4.78 is 5.85. The molecule has 2 aromatic rings. The molecule has 21 heavy (non-hydrogen) atoms. The number of anilines is 1. The summed E-state index contributed by atoms with van der Waals surface area (Å²) in [6.07, 6.45) is 5.34. The second-order valence-electron chi connectivity index (χ2n) is 5.29. The van der Waals surface area contributed by atoms with Crippen molar-refractivity contribution in [3.05, 3.63) is 23.8 Å². The average molecular weight is 306 g/mol. The van der Waals surface area contributed by atoms with Crippen LogP contribution in [-0.4, -0.2) is 44.2 Å². The van der Waals surface area contributed by atoms with Gasteiger partial charge in [0.2, 0.25) is 5.13 Å². The van der Waals surface area contributed by atoms with Gasteiger partial charge in [0.05, 0.1) is 11.8 Å². The van der Waals surface area contributed by atoms with Crippen molar-refractivity contribution in [3.63, 3.8) is 0 Å². The Labute approximate surface area is 127 Å². The van der Waals surface area contributed by atoms with E-state index < -0.39 is 0 Å². The summed E-state index contributed by atoms with van der Waals surface area (Å²) in [5, 5.41) is 8.04. The maximum Gasteiger partial charge on any atom is 0.254 e. The molecular weight excluding hydrogens is 288 g/mol. The predicted octanol–water partition coefficient (Wildman–Crippen LogP) is 0.979. The molecule has 3 heterocycles. The van der Waals surface area contributed by atoms with E-state index in [2.05, 4.69) is 24.7 Å². The number of aromatic nitrogens is 4. The largest absolute Gasteiger partial charge is 0.347 e. The highest BCUT2D eigenvalue weighted by molar-refractivity contribution is 7.09. The summed E-state index contributed by atoms with van der Waals surface area (Å²) in [5.41, 5.74) is 0.599. The number of aryl methyl sites for hydroxylation is 2. The molecule has 112 valence electrons. The van der Waals surface area contributed by atoms with E-state index in [0.29, 0.717) is 5.56 Å². The molecule has 3 rings (SSSR count). The quantitative estimate of drug-likeness (QED) is 0.915. The molecule has 0 aromatic carbocycles. The van der Waals surface area contributed by atoms with Crippen LogP contribution in [-0.2, 0) is 7.05 Å². The van der Waals surface area contributed by atoms with Crippen LogP contribution in [0.3, 0.4) is 0 Å². The van der Waals surface area contributed by atoms with Crippen LogP contribution < -0.4 is 10.2 Å². The Hall–Kier alpha value is -1.96. The molecule has 1 atom stereocenters. The highest BCUT2D eigenvalue weighted by Crippen LogP contribution is 2.21. The Kier molecular flexibility index (Phi) is 3.87. The summed E-state index contributed by atoms with van der Waals surface area (Å²) in [7, 11) is 1.80. The van der Waals surface area contributed by atoms with Crippen molar-refractivity contribution in [3.8, 4) is 0 Å². The second-order valence-corrected chi connectivity index (χ2v) is 6.02. The molecule has 0 bridgehead atoms. The maximum absolute atomic E-state index is 12.2. The predicted molar refractivity (Wildman–Crippen MR) is 80.6 cm³/mol. The lowest BCUT2D eigenvalue weighted by atomic mass is 10.1. The lowest BCUT2D eigenvalue weighted by Crippen LogP contribution is -2.47. The SMILES string of the molecule is Cc1nsc(N2CCCC(NC(=O)c3cnn(C)c3)C2)n1. The van der Waals surface area contributed by atoms with Crippen molar-refractivity contribution in [1.29, 1.82) is 0 Å². The minimum atomic E-state index is -0.0663. The van der Waals surface area contributed by atoms with Gasteiger partial charge in [-0.05, 0) is 19.8 Å². The van der Waals surface area contributed by atoms with Gasteiger partial charge in [-0.1, -0.05) is 0 Å². The number of nitrogens with one attached hydrogen (secondary N) is 1. The zero-order valence-corrected chi connectivity index (χ0v) is 12.9. The molecule has 1 unspecified atom stereocenters. The Balaban J connectivity index is 1.62. The van der Waals surface area contributed by atoms with Gasteiger partial charge in [-0.3, -0.25) is 9.48 Å². The molecule has 0 radical (unpaired) electrons. The summed E-state index contributed by atoms with van der Waals surface area (Å²) in [6, 6.07) is 0.135. The van der Waals surface area contributed by atoms with Crippen molar-refractivity contribution in [1.82, 2.24) is 24.5 Å². The monoisotopic (exact) mass is 306 g/mol. The first-order valence-corrected chi connectivity index (χ1v) is 7.74. The Morgan fingerprint density at radius 3 is 3.05 bits per heavy atom. The zero-order valence-electron chi connectivity index (χ0n) is 12.1. The number of carbonyl (C=O) groups excluding carboxylic acids is 1. The standard InChI is InChI=1S/C13H18N6OS/c1-9-15-13(21-17-9)19-5-3-4-11(8-19)16-12(20)10-6-14-18(2)7-10/h6-7,11H,3-5,8H2,1-2H3,(H,16,20). The van der Waals surface area contributed by atoms with E-state index in [-0.39, 0.29) is 11.9 Å². The fourth-order valence-electron chi connectivity index (χ4n) is 2.49. The van der Waals surface area contributed by atoms with E-state index in [1.807, 2.05) is 6.92 Å². The van der Waals surface area contributed by atoms with E-state index >= 15 is 0 Å². The molecule has 2 aromatic heterocycles. The lowest BCUT2D eigenvalue weighted by molar-refractivity contribution is 0.0933. The van der Waals surface area contributed by atoms with Gasteiger partial charge in [-0.25, -0.2) is 4.98 Å². The molecule has 1 aliphatic rings. The molecule has 1 amide bonds. The molecule has 0 saturated carbocycles. The number of hydrogen-bond donors (Lipinski definition) is 1. The maximum atomic E-state index is 12.2. The van der Waals surface area contributed by atoms with Crippen molar-refractivity contribution in [2.45, 2.75) is 25.8 Å². The van der Waals surface area contributed by atoms with Gasteiger partial charge in [0.25, 0.3) is 5.91 Å². The normalized spacial score (nSPS) is 18.8. The zero-order chi connectivity index (χ0) is 14.8. The number of rotatable bonds is 3. The third-order valence-electron chi connectivity index (χ3n) is 3.51. The number of carbonyl (C=O) groups is 1. The first-order valence-electron chi connectivity index (χ1n) is 6.96. The van der Waals surface area contributed by atoms with Gasteiger partial charge in [0.15, 0.2) is 0 Å². The summed E-state index contributed by atoms with van der Waals surface area (Å²) in [4.78, 5) is 18.8. The number of piperidine rings is 1. The van der Waals surface area contributed by atoms with E-state index in [4.69, 9.17) is 0 Å². The van der Waals surface area contributed by atoms with E-state index in [1.54, 1.807) is 24.1 Å². The summed E-state index contributed by atoms with van der Waals surface area (Å²) in [6.45, 7) is 3.64. The van der Waals surface area contributed by atoms with Crippen LogP contribution in [0.1, 0.15) is 29.0 Å². The minimum Gasteiger partial charge on any atom is -0.347 e. The van der Waals surface area contributed by atoms with Crippen molar-refractivity contribution in [2.75, 3.05) is 18.0 Å². The number of amides is 1. The van der Waals surface area contributed by atoms with Gasteiger partial charge in [0, 0.05) is 43.9 Å². The van der Waals surface area contributed by atoms with Gasteiger partial charge in [-0.2, -0.15) is 9.47 Å². The molecule has 0 spiro atoms. The lowest BCUT2D eigenvalue weighted by Gasteiger charge is -2.32. The molecular formula is C13H18N6OS.